The highest BCUT2D eigenvalue weighted by Crippen LogP contribution is 2.12. The van der Waals surface area contributed by atoms with Crippen molar-refractivity contribution in [3.05, 3.63) is 52.4 Å². The van der Waals surface area contributed by atoms with E-state index in [1.54, 1.807) is 13.8 Å². The Kier molecular flexibility index (Phi) is 3.46. The van der Waals surface area contributed by atoms with Gasteiger partial charge in [-0.1, -0.05) is 29.4 Å². The molecule has 0 aliphatic carbocycles. The van der Waals surface area contributed by atoms with Crippen LogP contribution in [-0.4, -0.2) is 11.1 Å². The molecular weight excluding hydrogens is 228 g/mol. The Labute approximate surface area is 106 Å². The Morgan fingerprint density at radius 1 is 1.28 bits per heavy atom. The maximum Gasteiger partial charge on any atom is 0.257 e. The number of rotatable bonds is 3. The van der Waals surface area contributed by atoms with E-state index in [-0.39, 0.29) is 5.91 Å². The summed E-state index contributed by atoms with van der Waals surface area (Å²) in [6.07, 6.45) is 0. The van der Waals surface area contributed by atoms with E-state index >= 15 is 0 Å². The monoisotopic (exact) mass is 244 g/mol. The topological polar surface area (TPSA) is 55.1 Å². The zero-order valence-electron chi connectivity index (χ0n) is 10.8. The van der Waals surface area contributed by atoms with Gasteiger partial charge in [0.15, 0.2) is 0 Å². The van der Waals surface area contributed by atoms with Crippen LogP contribution in [0, 0.1) is 20.8 Å². The minimum Gasteiger partial charge on any atom is -0.361 e. The highest BCUT2D eigenvalue weighted by atomic mass is 16.5. The molecule has 0 radical (unpaired) electrons. The van der Waals surface area contributed by atoms with Crippen LogP contribution in [0.2, 0.25) is 0 Å². The van der Waals surface area contributed by atoms with Crippen LogP contribution >= 0.6 is 0 Å². The Morgan fingerprint density at radius 2 is 2.00 bits per heavy atom. The Balaban J connectivity index is 2.08. The van der Waals surface area contributed by atoms with Gasteiger partial charge in [0.25, 0.3) is 5.91 Å². The second kappa shape index (κ2) is 5.04. The fourth-order valence-electron chi connectivity index (χ4n) is 1.88. The van der Waals surface area contributed by atoms with Crippen molar-refractivity contribution < 1.29 is 9.32 Å². The number of hydrogen-bond donors (Lipinski definition) is 1. The van der Waals surface area contributed by atoms with E-state index in [0.29, 0.717) is 23.6 Å². The number of nitrogens with one attached hydrogen (secondary N) is 1. The van der Waals surface area contributed by atoms with Crippen molar-refractivity contribution in [3.63, 3.8) is 0 Å². The minimum absolute atomic E-state index is 0.144. The van der Waals surface area contributed by atoms with Crippen molar-refractivity contribution >= 4 is 5.91 Å². The van der Waals surface area contributed by atoms with Gasteiger partial charge < -0.3 is 9.84 Å². The molecule has 0 unspecified atom stereocenters. The molecule has 4 heteroatoms. The van der Waals surface area contributed by atoms with Crippen LogP contribution in [0.4, 0.5) is 0 Å². The van der Waals surface area contributed by atoms with E-state index in [0.717, 1.165) is 11.1 Å². The molecular formula is C14H16N2O2. The number of carbonyl (C=O) groups excluding carboxylic acids is 1. The highest BCUT2D eigenvalue weighted by molar-refractivity contribution is 5.96. The number of nitrogens with zero attached hydrogens (tertiary/aromatic N) is 1. The van der Waals surface area contributed by atoms with Gasteiger partial charge in [-0.2, -0.15) is 0 Å². The molecule has 0 fully saturated rings. The van der Waals surface area contributed by atoms with Crippen LogP contribution in [0.5, 0.6) is 0 Å². The molecule has 18 heavy (non-hydrogen) atoms. The summed E-state index contributed by atoms with van der Waals surface area (Å²) in [5.74, 6) is 0.407. The third-order valence-electron chi connectivity index (χ3n) is 2.96. The van der Waals surface area contributed by atoms with Crippen molar-refractivity contribution in [2.75, 3.05) is 0 Å². The molecule has 1 aromatic carbocycles. The molecule has 0 atom stereocenters. The molecule has 1 heterocycles. The van der Waals surface area contributed by atoms with E-state index in [9.17, 15) is 4.79 Å². The van der Waals surface area contributed by atoms with E-state index in [2.05, 4.69) is 10.5 Å². The molecule has 0 aliphatic rings. The average molecular weight is 244 g/mol. The molecule has 0 spiro atoms. The Morgan fingerprint density at radius 3 is 2.61 bits per heavy atom. The number of hydrogen-bond acceptors (Lipinski definition) is 3. The maximum absolute atomic E-state index is 12.0. The average Bonchev–Trinajstić information content (AvgIpc) is 2.68. The summed E-state index contributed by atoms with van der Waals surface area (Å²) in [5, 5.41) is 6.66. The number of benzene rings is 1. The van der Waals surface area contributed by atoms with Crippen molar-refractivity contribution in [1.29, 1.82) is 0 Å². The lowest BCUT2D eigenvalue weighted by atomic mass is 10.1. The zero-order valence-corrected chi connectivity index (χ0v) is 10.8. The molecule has 2 aromatic rings. The zero-order chi connectivity index (χ0) is 13.1. The van der Waals surface area contributed by atoms with E-state index in [4.69, 9.17) is 4.52 Å². The van der Waals surface area contributed by atoms with Gasteiger partial charge in [-0.3, -0.25) is 4.79 Å². The first kappa shape index (κ1) is 12.4. The summed E-state index contributed by atoms with van der Waals surface area (Å²) in [6.45, 7) is 6.04. The number of aromatic nitrogens is 1. The van der Waals surface area contributed by atoms with Crippen LogP contribution in [0.3, 0.4) is 0 Å². The maximum atomic E-state index is 12.0. The molecule has 1 aromatic heterocycles. The molecule has 0 saturated heterocycles. The first-order chi connectivity index (χ1) is 8.59. The van der Waals surface area contributed by atoms with Gasteiger partial charge in [-0.25, -0.2) is 0 Å². The van der Waals surface area contributed by atoms with Crippen molar-refractivity contribution in [2.24, 2.45) is 0 Å². The molecule has 0 bridgehead atoms. The molecule has 4 nitrogen and oxygen atoms in total. The lowest BCUT2D eigenvalue weighted by Crippen LogP contribution is -2.24. The van der Waals surface area contributed by atoms with Crippen LogP contribution in [-0.2, 0) is 6.54 Å². The van der Waals surface area contributed by atoms with Gasteiger partial charge in [0.2, 0.25) is 0 Å². The summed E-state index contributed by atoms with van der Waals surface area (Å²) in [7, 11) is 0. The summed E-state index contributed by atoms with van der Waals surface area (Å²) >= 11 is 0. The second-order valence-corrected chi connectivity index (χ2v) is 4.31. The van der Waals surface area contributed by atoms with Gasteiger partial charge in [-0.05, 0) is 31.9 Å². The quantitative estimate of drug-likeness (QED) is 0.902. The van der Waals surface area contributed by atoms with Crippen molar-refractivity contribution in [1.82, 2.24) is 10.5 Å². The van der Waals surface area contributed by atoms with Crippen LogP contribution in [0.1, 0.15) is 32.9 Å². The van der Waals surface area contributed by atoms with Crippen molar-refractivity contribution in [2.45, 2.75) is 27.3 Å². The molecule has 1 N–H and O–H groups in total. The summed E-state index contributed by atoms with van der Waals surface area (Å²) < 4.78 is 4.98. The standard InChI is InChI=1S/C14H16N2O2/c1-9-6-4-5-7-12(9)8-15-14(17)13-10(2)16-18-11(13)3/h4-7H,8H2,1-3H3,(H,15,17). The third kappa shape index (κ3) is 2.42. The van der Waals surface area contributed by atoms with Crippen molar-refractivity contribution in [3.8, 4) is 0 Å². The summed E-state index contributed by atoms with van der Waals surface area (Å²) in [6, 6.07) is 7.97. The molecule has 2 rings (SSSR count). The van der Waals surface area contributed by atoms with Crippen LogP contribution < -0.4 is 5.32 Å². The fraction of sp³-hybridized carbons (Fsp3) is 0.286. The molecule has 1 amide bonds. The van der Waals surface area contributed by atoms with Crippen LogP contribution in [0.15, 0.2) is 28.8 Å². The third-order valence-corrected chi connectivity index (χ3v) is 2.96. The number of aryl methyl sites for hydroxylation is 3. The smallest absolute Gasteiger partial charge is 0.257 e. The predicted molar refractivity (Wildman–Crippen MR) is 68.3 cm³/mol. The van der Waals surface area contributed by atoms with E-state index < -0.39 is 0 Å². The largest absolute Gasteiger partial charge is 0.361 e. The number of carbonyl (C=O) groups is 1. The van der Waals surface area contributed by atoms with E-state index in [1.807, 2.05) is 31.2 Å². The first-order valence-corrected chi connectivity index (χ1v) is 5.85. The molecule has 0 aliphatic heterocycles. The second-order valence-electron chi connectivity index (χ2n) is 4.31. The van der Waals surface area contributed by atoms with E-state index in [1.165, 1.54) is 0 Å². The van der Waals surface area contributed by atoms with Gasteiger partial charge in [-0.15, -0.1) is 0 Å². The lowest BCUT2D eigenvalue weighted by molar-refractivity contribution is 0.0949. The Hall–Kier alpha value is -2.10. The first-order valence-electron chi connectivity index (χ1n) is 5.85. The normalized spacial score (nSPS) is 10.4. The fourth-order valence-corrected chi connectivity index (χ4v) is 1.88. The number of amides is 1. The van der Waals surface area contributed by atoms with Crippen LogP contribution in [0.25, 0.3) is 0 Å². The summed E-state index contributed by atoms with van der Waals surface area (Å²) in [4.78, 5) is 12.0. The SMILES string of the molecule is Cc1ccccc1CNC(=O)c1c(C)noc1C. The molecule has 94 valence electrons. The van der Waals surface area contributed by atoms with Gasteiger partial charge in [0.05, 0.1) is 5.69 Å². The lowest BCUT2D eigenvalue weighted by Gasteiger charge is -2.07. The van der Waals surface area contributed by atoms with Gasteiger partial charge in [0, 0.05) is 6.54 Å². The minimum atomic E-state index is -0.144. The molecule has 0 saturated carbocycles. The highest BCUT2D eigenvalue weighted by Gasteiger charge is 2.16. The summed E-state index contributed by atoms with van der Waals surface area (Å²) in [5.41, 5.74) is 3.42. The van der Waals surface area contributed by atoms with Gasteiger partial charge >= 0.3 is 0 Å². The Bertz CT molecular complexity index is 553. The van der Waals surface area contributed by atoms with Gasteiger partial charge in [0.1, 0.15) is 11.3 Å². The predicted octanol–water partition coefficient (Wildman–Crippen LogP) is 2.53.